The molecular weight excluding hydrogens is 791 g/mol. The second-order valence-electron chi connectivity index (χ2n) is 14.9. The molecule has 4 aromatic rings. The van der Waals surface area contributed by atoms with Crippen LogP contribution in [0, 0.1) is 22.5 Å². The van der Waals surface area contributed by atoms with E-state index in [1.807, 2.05) is 36.4 Å². The molecule has 0 bridgehead atoms. The van der Waals surface area contributed by atoms with Crippen molar-refractivity contribution in [1.29, 1.82) is 0 Å². The van der Waals surface area contributed by atoms with Crippen LogP contribution in [0.2, 0.25) is 16.9 Å². The van der Waals surface area contributed by atoms with Crippen molar-refractivity contribution < 1.29 is 48.2 Å². The molecule has 0 spiro atoms. The molecule has 10 nitrogen and oxygen atoms in total. The lowest BCUT2D eigenvalue weighted by molar-refractivity contribution is -0.135. The number of carbonyl (C=O) groups is 3. The number of nitrogens with one attached hydrogen (secondary N) is 1. The second-order valence-corrected chi connectivity index (χ2v) is 15.7. The molecule has 2 aliphatic rings. The normalized spacial score (nSPS) is 21.4. The van der Waals surface area contributed by atoms with E-state index in [2.05, 4.69) is 5.32 Å². The van der Waals surface area contributed by atoms with Gasteiger partial charge in [0.1, 0.15) is 17.8 Å². The lowest BCUT2D eigenvalue weighted by Crippen LogP contribution is -2.43. The number of aliphatic hydroxyl groups is 3. The maximum atomic E-state index is 14.2. The summed E-state index contributed by atoms with van der Waals surface area (Å²) in [6.45, 7) is 0.750. The number of halogens is 4. The van der Waals surface area contributed by atoms with Crippen molar-refractivity contribution in [3.63, 3.8) is 0 Å². The van der Waals surface area contributed by atoms with Crippen molar-refractivity contribution in [3.8, 4) is 22.3 Å². The van der Waals surface area contributed by atoms with Crippen LogP contribution in [0.5, 0.6) is 0 Å². The lowest BCUT2D eigenvalue weighted by Gasteiger charge is -2.27. The Labute approximate surface area is 347 Å². The highest BCUT2D eigenvalue weighted by atomic mass is 35.5. The van der Waals surface area contributed by atoms with Gasteiger partial charge in [0, 0.05) is 53.1 Å². The number of nitrogens with zero attached hydrogens (tertiary/aromatic N) is 1. The average molecular weight is 836 g/mol. The van der Waals surface area contributed by atoms with Crippen LogP contribution in [0.1, 0.15) is 36.8 Å². The largest absolute Gasteiger partial charge is 0.450 e. The topological polar surface area (TPSA) is 157 Å². The Hall–Kier alpha value is -4.14. The molecule has 2 saturated heterocycles. The van der Waals surface area contributed by atoms with Crippen molar-refractivity contribution in [2.24, 2.45) is 10.8 Å². The monoisotopic (exact) mass is 835 g/mol. The molecule has 4 atom stereocenters. The Bertz CT molecular complexity index is 2050. The van der Waals surface area contributed by atoms with Gasteiger partial charge >= 0.3 is 14.5 Å². The Morgan fingerprint density at radius 2 is 1.34 bits per heavy atom. The number of carbonyl (C=O) groups excluding carboxylic acids is 3. The van der Waals surface area contributed by atoms with E-state index in [-0.39, 0.29) is 74.8 Å². The summed E-state index contributed by atoms with van der Waals surface area (Å²) in [7, 11) is 0.143. The molecule has 0 aromatic heterocycles. The van der Waals surface area contributed by atoms with Crippen molar-refractivity contribution in [2.45, 2.75) is 57.4 Å². The van der Waals surface area contributed by atoms with Gasteiger partial charge < -0.3 is 39.9 Å². The molecule has 16 heteroatoms. The Kier molecular flexibility index (Phi) is 15.7. The zero-order valence-electron chi connectivity index (χ0n) is 31.9. The Balaban J connectivity index is 0.000000226. The van der Waals surface area contributed by atoms with E-state index in [1.165, 1.54) is 43.3 Å². The standard InChI is InChI=1S/C22H24B2ClFNO5.C20H21ClFNO3/c1-24(31)32-13-22(8-9-28)12-18(27(21(22)30)23-14-29)10-15-2-4-16(5-3-15)19-11-17(25)6-7-20(19)26;21-15-5-6-18(22)17(10-15)14-3-1-13(2-4-14)9-16-11-20(12-25,7-8-24)19(26)23-16/h2-7,11,14,18,28,31H,8-10,12-13H2,1H3;1-6,10,16,24-25H,7-9,11-12H2,(H,23,26)/t18-,22?;16-,20?/m11/s1. The maximum Gasteiger partial charge on any atom is 0.450 e. The predicted octanol–water partition coefficient (Wildman–Crippen LogP) is 5.53. The summed E-state index contributed by atoms with van der Waals surface area (Å²) in [4.78, 5) is 37.9. The van der Waals surface area contributed by atoms with E-state index in [0.717, 1.165) is 16.7 Å². The van der Waals surface area contributed by atoms with Gasteiger partial charge in [-0.3, -0.25) is 9.59 Å². The molecule has 5 N–H and O–H groups in total. The average Bonchev–Trinajstić information content (AvgIpc) is 3.65. The van der Waals surface area contributed by atoms with E-state index >= 15 is 0 Å². The first-order chi connectivity index (χ1) is 27.8. The summed E-state index contributed by atoms with van der Waals surface area (Å²) < 4.78 is 33.4. The minimum atomic E-state index is -1.06. The van der Waals surface area contributed by atoms with Crippen LogP contribution in [-0.2, 0) is 31.9 Å². The molecule has 0 saturated carbocycles. The minimum absolute atomic E-state index is 0.0588. The highest BCUT2D eigenvalue weighted by Gasteiger charge is 2.51. The first-order valence-corrected chi connectivity index (χ1v) is 19.7. The van der Waals surface area contributed by atoms with Crippen LogP contribution in [0.4, 0.5) is 8.78 Å². The summed E-state index contributed by atoms with van der Waals surface area (Å²) >= 11 is 11.9. The molecule has 2 aliphatic heterocycles. The second kappa shape index (κ2) is 20.2. The zero-order valence-corrected chi connectivity index (χ0v) is 33.4. The summed E-state index contributed by atoms with van der Waals surface area (Å²) in [5.41, 5.74) is 2.22. The van der Waals surface area contributed by atoms with E-state index in [0.29, 0.717) is 58.6 Å². The van der Waals surface area contributed by atoms with Crippen molar-refractivity contribution in [2.75, 3.05) is 26.4 Å². The molecule has 6 rings (SSSR count). The highest BCUT2D eigenvalue weighted by molar-refractivity contribution is 6.66. The number of rotatable bonds is 16. The van der Waals surface area contributed by atoms with Crippen LogP contribution in [-0.4, -0.2) is 96.2 Å². The number of hydrogen-bond donors (Lipinski definition) is 5. The smallest absolute Gasteiger partial charge is 0.427 e. The predicted molar refractivity (Wildman–Crippen MR) is 221 cm³/mol. The van der Waals surface area contributed by atoms with Crippen molar-refractivity contribution in [1.82, 2.24) is 10.1 Å². The minimum Gasteiger partial charge on any atom is -0.427 e. The van der Waals surface area contributed by atoms with Gasteiger partial charge in [-0.1, -0.05) is 71.7 Å². The fourth-order valence-corrected chi connectivity index (χ4v) is 8.10. The van der Waals surface area contributed by atoms with Crippen molar-refractivity contribution >= 4 is 55.7 Å². The molecule has 2 unspecified atom stereocenters. The fourth-order valence-electron chi connectivity index (χ4n) is 7.75. The summed E-state index contributed by atoms with van der Waals surface area (Å²) in [5.74, 6) is -1.23. The first kappa shape index (κ1) is 45.0. The number of aliphatic hydroxyl groups excluding tert-OH is 3. The van der Waals surface area contributed by atoms with Gasteiger partial charge in [0.05, 0.1) is 17.4 Å². The third kappa shape index (κ3) is 10.7. The van der Waals surface area contributed by atoms with E-state index in [9.17, 15) is 38.4 Å². The molecule has 4 aromatic carbocycles. The van der Waals surface area contributed by atoms with Crippen molar-refractivity contribution in [3.05, 3.63) is 118 Å². The van der Waals surface area contributed by atoms with Gasteiger partial charge in [-0.05, 0) is 104 Å². The molecule has 58 heavy (non-hydrogen) atoms. The van der Waals surface area contributed by atoms with Gasteiger partial charge in [-0.2, -0.15) is 0 Å². The van der Waals surface area contributed by atoms with Gasteiger partial charge in [0.15, 0.2) is 0 Å². The SMILES string of the molecule is CB(O)OCC1(CCO)C[C@@H](Cc2ccc(-c3cc(Cl)ccc3F)cc2)N([B]C=O)C1=O.O=C1N[C@H](Cc2ccc(-c3cc(Cl)ccc3F)cc2)CC1(CO)CCO. The van der Waals surface area contributed by atoms with E-state index in [4.69, 9.17) is 33.0 Å². The molecule has 1 radical (unpaired) electrons. The summed E-state index contributed by atoms with van der Waals surface area (Å²) in [6.07, 6.45) is 2.86. The number of amides is 2. The lowest BCUT2D eigenvalue weighted by atomic mass is 9.80. The number of hydrogen-bond acceptors (Lipinski definition) is 8. The van der Waals surface area contributed by atoms with Gasteiger partial charge in [-0.15, -0.1) is 0 Å². The maximum absolute atomic E-state index is 14.2. The fraction of sp³-hybridized carbons (Fsp3) is 0.357. The van der Waals surface area contributed by atoms with Gasteiger partial charge in [0.25, 0.3) is 0 Å². The quantitative estimate of drug-likeness (QED) is 0.0729. The van der Waals surface area contributed by atoms with Crippen LogP contribution in [0.25, 0.3) is 22.3 Å². The van der Waals surface area contributed by atoms with Gasteiger partial charge in [0.2, 0.25) is 11.8 Å². The van der Waals surface area contributed by atoms with E-state index < -0.39 is 17.9 Å². The zero-order chi connectivity index (χ0) is 42.0. The highest BCUT2D eigenvalue weighted by Crippen LogP contribution is 2.41. The third-order valence-corrected chi connectivity index (χ3v) is 11.3. The molecular formula is C42H45B2Cl2F2N2O8. The Morgan fingerprint density at radius 3 is 1.83 bits per heavy atom. The van der Waals surface area contributed by atoms with Crippen LogP contribution in [0.15, 0.2) is 84.9 Å². The molecule has 2 heterocycles. The number of benzene rings is 4. The summed E-state index contributed by atoms with van der Waals surface area (Å²) in [6, 6.07) is 23.1. The first-order valence-electron chi connectivity index (χ1n) is 18.9. The molecule has 0 aliphatic carbocycles. The third-order valence-electron chi connectivity index (χ3n) is 10.8. The Morgan fingerprint density at radius 1 is 0.828 bits per heavy atom. The molecule has 2 amide bonds. The van der Waals surface area contributed by atoms with Crippen LogP contribution in [0.3, 0.4) is 0 Å². The molecule has 2 fully saturated rings. The van der Waals surface area contributed by atoms with Crippen LogP contribution >= 0.6 is 23.2 Å². The van der Waals surface area contributed by atoms with E-state index in [1.54, 1.807) is 24.3 Å². The molecule has 305 valence electrons. The van der Waals surface area contributed by atoms with Gasteiger partial charge in [-0.25, -0.2) is 8.78 Å². The van der Waals surface area contributed by atoms with Crippen LogP contribution < -0.4 is 5.32 Å². The summed E-state index contributed by atoms with van der Waals surface area (Å²) in [5, 5.41) is 41.6.